The highest BCUT2D eigenvalue weighted by Crippen LogP contribution is 2.41. The molecule has 0 fully saturated rings. The summed E-state index contributed by atoms with van der Waals surface area (Å²) in [6, 6.07) is 15.2. The highest BCUT2D eigenvalue weighted by molar-refractivity contribution is 5.76. The first-order chi connectivity index (χ1) is 17.8. The summed E-state index contributed by atoms with van der Waals surface area (Å²) in [7, 11) is 0. The van der Waals surface area contributed by atoms with Crippen molar-refractivity contribution >= 4 is 11.7 Å². The number of ether oxygens (including phenoxy) is 3. The molecule has 0 spiro atoms. The summed E-state index contributed by atoms with van der Waals surface area (Å²) < 4.78 is 17.7. The molecule has 6 nitrogen and oxygen atoms in total. The Balaban J connectivity index is 0.00000186. The van der Waals surface area contributed by atoms with Gasteiger partial charge in [0.25, 0.3) is 0 Å². The normalized spacial score (nSPS) is 17.0. The predicted octanol–water partition coefficient (Wildman–Crippen LogP) is 7.38. The van der Waals surface area contributed by atoms with Crippen molar-refractivity contribution in [2.75, 3.05) is 18.1 Å². The van der Waals surface area contributed by atoms with Crippen LogP contribution in [0.2, 0.25) is 0 Å². The SMILES string of the molecule is CC.CCN1C2=C(C=CC(/C(C)=C/COc3ccc(OC(C)(C)C(=O)O)cc3)CC2)Oc2ccccc21. The molecule has 6 heteroatoms. The van der Waals surface area contributed by atoms with Crippen molar-refractivity contribution in [3.63, 3.8) is 0 Å². The number of carbonyl (C=O) groups is 1. The Bertz CT molecular complexity index is 1160. The van der Waals surface area contributed by atoms with Gasteiger partial charge in [-0.1, -0.05) is 37.6 Å². The van der Waals surface area contributed by atoms with Gasteiger partial charge < -0.3 is 24.2 Å². The van der Waals surface area contributed by atoms with Crippen molar-refractivity contribution in [3.8, 4) is 17.2 Å². The molecular weight excluding hydrogens is 466 g/mol. The van der Waals surface area contributed by atoms with Crippen molar-refractivity contribution in [3.05, 3.63) is 83.8 Å². The molecule has 0 amide bonds. The standard InChI is InChI=1S/C29H33NO5.C2H6/c1-5-30-24-8-6-7-9-26(24)34-27-17-11-21(10-16-25(27)30)20(2)18-19-33-22-12-14-23(15-13-22)35-29(3,4)28(31)32;1-2/h6-9,11-15,17-18,21H,5,10,16,19H2,1-4H3,(H,31,32);1-2H3/b20-18+;. The first-order valence-electron chi connectivity index (χ1n) is 13.1. The van der Waals surface area contributed by atoms with Gasteiger partial charge in [0.1, 0.15) is 23.9 Å². The van der Waals surface area contributed by atoms with Crippen LogP contribution < -0.4 is 19.1 Å². The average molecular weight is 506 g/mol. The smallest absolute Gasteiger partial charge is 0.347 e. The Morgan fingerprint density at radius 2 is 1.81 bits per heavy atom. The molecule has 0 radical (unpaired) electrons. The largest absolute Gasteiger partial charge is 0.490 e. The number of hydrogen-bond donors (Lipinski definition) is 1. The van der Waals surface area contributed by atoms with E-state index in [1.165, 1.54) is 25.1 Å². The van der Waals surface area contributed by atoms with E-state index in [1.54, 1.807) is 24.3 Å². The molecule has 198 valence electrons. The Morgan fingerprint density at radius 1 is 1.14 bits per heavy atom. The summed E-state index contributed by atoms with van der Waals surface area (Å²) in [5.41, 5.74) is 2.33. The van der Waals surface area contributed by atoms with Crippen LogP contribution in [0.15, 0.2) is 83.8 Å². The fraction of sp³-hybridized carbons (Fsp3) is 0.387. The molecule has 1 heterocycles. The lowest BCUT2D eigenvalue weighted by atomic mass is 9.95. The maximum Gasteiger partial charge on any atom is 0.347 e. The summed E-state index contributed by atoms with van der Waals surface area (Å²) in [5.74, 6) is 2.32. The third-order valence-electron chi connectivity index (χ3n) is 6.43. The second kappa shape index (κ2) is 12.5. The number of hydrogen-bond acceptors (Lipinski definition) is 5. The van der Waals surface area contributed by atoms with E-state index in [1.807, 2.05) is 26.0 Å². The van der Waals surface area contributed by atoms with Crippen LogP contribution in [0.25, 0.3) is 0 Å². The maximum atomic E-state index is 11.2. The summed E-state index contributed by atoms with van der Waals surface area (Å²) >= 11 is 0. The highest BCUT2D eigenvalue weighted by atomic mass is 16.5. The molecule has 2 aromatic rings. The summed E-state index contributed by atoms with van der Waals surface area (Å²) in [6.07, 6.45) is 8.40. The monoisotopic (exact) mass is 505 g/mol. The Labute approximate surface area is 220 Å². The molecule has 1 aliphatic carbocycles. The lowest BCUT2D eigenvalue weighted by Gasteiger charge is -2.33. The van der Waals surface area contributed by atoms with E-state index < -0.39 is 11.6 Å². The molecular formula is C31H39NO5. The van der Waals surface area contributed by atoms with E-state index in [0.717, 1.165) is 36.6 Å². The lowest BCUT2D eigenvalue weighted by Crippen LogP contribution is -2.37. The Hall–Kier alpha value is -3.67. The number of fused-ring (bicyclic) bond motifs is 1. The minimum Gasteiger partial charge on any atom is -0.490 e. The molecule has 4 rings (SSSR count). The van der Waals surface area contributed by atoms with E-state index in [4.69, 9.17) is 14.2 Å². The number of rotatable bonds is 8. The average Bonchev–Trinajstić information content (AvgIpc) is 3.11. The second-order valence-electron chi connectivity index (χ2n) is 9.28. The van der Waals surface area contributed by atoms with Gasteiger partial charge in [0.15, 0.2) is 11.4 Å². The third-order valence-corrected chi connectivity index (χ3v) is 6.43. The Kier molecular flexibility index (Phi) is 9.45. The van der Waals surface area contributed by atoms with Crippen molar-refractivity contribution in [2.24, 2.45) is 5.92 Å². The maximum absolute atomic E-state index is 11.2. The zero-order chi connectivity index (χ0) is 27.0. The van der Waals surface area contributed by atoms with Crippen molar-refractivity contribution < 1.29 is 24.1 Å². The summed E-state index contributed by atoms with van der Waals surface area (Å²) in [6.45, 7) is 12.7. The van der Waals surface area contributed by atoms with Crippen LogP contribution >= 0.6 is 0 Å². The number of benzene rings is 2. The molecule has 0 saturated carbocycles. The fourth-order valence-electron chi connectivity index (χ4n) is 4.31. The number of anilines is 1. The van der Waals surface area contributed by atoms with Gasteiger partial charge in [-0.05, 0) is 95.0 Å². The van der Waals surface area contributed by atoms with Gasteiger partial charge in [-0.3, -0.25) is 0 Å². The van der Waals surface area contributed by atoms with Crippen LogP contribution in [0.4, 0.5) is 5.69 Å². The zero-order valence-electron chi connectivity index (χ0n) is 22.8. The quantitative estimate of drug-likeness (QED) is 0.378. The molecule has 1 atom stereocenters. The fourth-order valence-corrected chi connectivity index (χ4v) is 4.31. The topological polar surface area (TPSA) is 68.2 Å². The van der Waals surface area contributed by atoms with E-state index in [0.29, 0.717) is 24.0 Å². The third kappa shape index (κ3) is 6.76. The molecule has 2 aliphatic rings. The number of aliphatic carboxylic acids is 1. The van der Waals surface area contributed by atoms with E-state index >= 15 is 0 Å². The molecule has 37 heavy (non-hydrogen) atoms. The van der Waals surface area contributed by atoms with Gasteiger partial charge in [-0.2, -0.15) is 0 Å². The molecule has 1 unspecified atom stereocenters. The number of carboxylic acid groups (broad SMARTS) is 1. The van der Waals surface area contributed by atoms with E-state index in [9.17, 15) is 9.90 Å². The van der Waals surface area contributed by atoms with Crippen LogP contribution in [0.5, 0.6) is 17.2 Å². The number of allylic oxidation sites excluding steroid dienone is 4. The summed E-state index contributed by atoms with van der Waals surface area (Å²) in [5, 5.41) is 9.20. The first-order valence-corrected chi connectivity index (χ1v) is 13.1. The van der Waals surface area contributed by atoms with Crippen molar-refractivity contribution in [2.45, 2.75) is 60.0 Å². The number of nitrogens with zero attached hydrogens (tertiary/aromatic N) is 1. The molecule has 0 saturated heterocycles. The van der Waals surface area contributed by atoms with E-state index in [-0.39, 0.29) is 0 Å². The van der Waals surface area contributed by atoms with Gasteiger partial charge >= 0.3 is 5.97 Å². The van der Waals surface area contributed by atoms with Gasteiger partial charge in [0.05, 0.1) is 11.4 Å². The first kappa shape index (κ1) is 27.9. The van der Waals surface area contributed by atoms with Gasteiger partial charge in [0.2, 0.25) is 0 Å². The molecule has 0 aromatic heterocycles. The van der Waals surface area contributed by atoms with Crippen molar-refractivity contribution in [1.82, 2.24) is 0 Å². The van der Waals surface area contributed by atoms with Crippen LogP contribution in [-0.2, 0) is 4.79 Å². The van der Waals surface area contributed by atoms with Crippen molar-refractivity contribution in [1.29, 1.82) is 0 Å². The number of carboxylic acids is 1. The minimum absolute atomic E-state index is 0.309. The van der Waals surface area contributed by atoms with Crippen LogP contribution in [0.1, 0.15) is 54.4 Å². The zero-order valence-corrected chi connectivity index (χ0v) is 22.8. The second-order valence-corrected chi connectivity index (χ2v) is 9.28. The van der Waals surface area contributed by atoms with Crippen LogP contribution in [0, 0.1) is 5.92 Å². The highest BCUT2D eigenvalue weighted by Gasteiger charge is 2.29. The van der Waals surface area contributed by atoms with Gasteiger partial charge in [-0.25, -0.2) is 4.79 Å². The van der Waals surface area contributed by atoms with Crippen LogP contribution in [0.3, 0.4) is 0 Å². The molecule has 1 aliphatic heterocycles. The molecule has 1 N–H and O–H groups in total. The van der Waals surface area contributed by atoms with Crippen LogP contribution in [-0.4, -0.2) is 29.8 Å². The summed E-state index contributed by atoms with van der Waals surface area (Å²) in [4.78, 5) is 13.6. The van der Waals surface area contributed by atoms with E-state index in [2.05, 4.69) is 49.1 Å². The molecule has 0 bridgehead atoms. The van der Waals surface area contributed by atoms with Gasteiger partial charge in [-0.15, -0.1) is 0 Å². The number of para-hydroxylation sites is 2. The molecule has 2 aromatic carbocycles. The lowest BCUT2D eigenvalue weighted by molar-refractivity contribution is -0.152. The van der Waals surface area contributed by atoms with Gasteiger partial charge in [0, 0.05) is 6.54 Å². The minimum atomic E-state index is -1.29. The Morgan fingerprint density at radius 3 is 2.49 bits per heavy atom. The predicted molar refractivity (Wildman–Crippen MR) is 148 cm³/mol.